The van der Waals surface area contributed by atoms with Crippen molar-refractivity contribution in [1.29, 1.82) is 0 Å². The molecule has 0 aliphatic carbocycles. The molecule has 0 saturated heterocycles. The van der Waals surface area contributed by atoms with Crippen molar-refractivity contribution in [3.05, 3.63) is 57.3 Å². The Morgan fingerprint density at radius 2 is 2.05 bits per heavy atom. The molecule has 2 N–H and O–H groups in total. The minimum atomic E-state index is -0.985. The van der Waals surface area contributed by atoms with Gasteiger partial charge in [-0.05, 0) is 25.1 Å². The second kappa shape index (κ2) is 6.11. The Kier molecular flexibility index (Phi) is 4.46. The topological polar surface area (TPSA) is 49.3 Å². The van der Waals surface area contributed by atoms with Crippen molar-refractivity contribution in [2.24, 2.45) is 0 Å². The number of carbonyl (C=O) groups is 1. The molecular formula is C14H13F2NO2S. The predicted molar refractivity (Wildman–Crippen MR) is 72.9 cm³/mol. The third kappa shape index (κ3) is 3.20. The van der Waals surface area contributed by atoms with Crippen LogP contribution in [0.5, 0.6) is 0 Å². The van der Waals surface area contributed by atoms with E-state index in [-0.39, 0.29) is 11.1 Å². The van der Waals surface area contributed by atoms with Crippen LogP contribution in [0.25, 0.3) is 0 Å². The minimum Gasteiger partial charge on any atom is -0.478 e. The molecule has 2 aromatic rings. The lowest BCUT2D eigenvalue weighted by atomic mass is 10.1. The summed E-state index contributed by atoms with van der Waals surface area (Å²) in [6.45, 7) is 2.01. The summed E-state index contributed by atoms with van der Waals surface area (Å²) < 4.78 is 27.2. The van der Waals surface area contributed by atoms with Crippen molar-refractivity contribution in [1.82, 2.24) is 5.32 Å². The molecular weight excluding hydrogens is 284 g/mol. The molecule has 0 fully saturated rings. The highest BCUT2D eigenvalue weighted by Gasteiger charge is 2.16. The maximum absolute atomic E-state index is 13.6. The first-order valence-corrected chi connectivity index (χ1v) is 6.85. The number of hydrogen-bond acceptors (Lipinski definition) is 3. The normalized spacial score (nSPS) is 12.3. The molecule has 0 aliphatic rings. The Morgan fingerprint density at radius 3 is 2.60 bits per heavy atom. The van der Waals surface area contributed by atoms with Gasteiger partial charge < -0.3 is 10.4 Å². The monoisotopic (exact) mass is 297 g/mol. The van der Waals surface area contributed by atoms with Gasteiger partial charge in [0.05, 0.1) is 5.56 Å². The van der Waals surface area contributed by atoms with Crippen LogP contribution in [-0.4, -0.2) is 11.1 Å². The zero-order valence-corrected chi connectivity index (χ0v) is 11.5. The number of benzene rings is 1. The highest BCUT2D eigenvalue weighted by molar-refractivity contribution is 7.10. The second-order valence-electron chi connectivity index (χ2n) is 4.34. The Morgan fingerprint density at radius 1 is 1.40 bits per heavy atom. The molecule has 1 aromatic heterocycles. The van der Waals surface area contributed by atoms with Gasteiger partial charge in [0.15, 0.2) is 0 Å². The van der Waals surface area contributed by atoms with E-state index in [1.165, 1.54) is 34.9 Å². The molecule has 0 bridgehead atoms. The van der Waals surface area contributed by atoms with Crippen molar-refractivity contribution in [2.45, 2.75) is 19.5 Å². The minimum absolute atomic E-state index is 0.0116. The fraction of sp³-hybridized carbons (Fsp3) is 0.214. The number of hydrogen-bond donors (Lipinski definition) is 2. The Labute approximate surface area is 118 Å². The fourth-order valence-electron chi connectivity index (χ4n) is 1.87. The lowest BCUT2D eigenvalue weighted by Crippen LogP contribution is -2.19. The summed E-state index contributed by atoms with van der Waals surface area (Å²) in [7, 11) is 0. The summed E-state index contributed by atoms with van der Waals surface area (Å²) in [5.41, 5.74) is 0.207. The van der Waals surface area contributed by atoms with E-state index in [2.05, 4.69) is 5.32 Å². The van der Waals surface area contributed by atoms with E-state index in [0.717, 1.165) is 4.88 Å². The second-order valence-corrected chi connectivity index (χ2v) is 5.34. The van der Waals surface area contributed by atoms with Gasteiger partial charge in [-0.2, -0.15) is 0 Å². The average Bonchev–Trinajstić information content (AvgIpc) is 2.85. The van der Waals surface area contributed by atoms with Crippen molar-refractivity contribution in [3.8, 4) is 0 Å². The molecule has 106 valence electrons. The molecule has 1 heterocycles. The number of aromatic carboxylic acids is 1. The van der Waals surface area contributed by atoms with E-state index >= 15 is 0 Å². The van der Waals surface area contributed by atoms with E-state index < -0.39 is 23.6 Å². The first-order chi connectivity index (χ1) is 9.49. The van der Waals surface area contributed by atoms with E-state index in [4.69, 9.17) is 5.11 Å². The van der Waals surface area contributed by atoms with Crippen LogP contribution in [0.1, 0.15) is 33.8 Å². The first-order valence-electron chi connectivity index (χ1n) is 5.97. The molecule has 1 unspecified atom stereocenters. The molecule has 1 atom stereocenters. The summed E-state index contributed by atoms with van der Waals surface area (Å²) in [5.74, 6) is -2.18. The van der Waals surface area contributed by atoms with E-state index in [1.807, 2.05) is 0 Å². The molecule has 0 radical (unpaired) electrons. The molecule has 0 amide bonds. The number of carboxylic acid groups (broad SMARTS) is 1. The van der Waals surface area contributed by atoms with Crippen LogP contribution in [0.3, 0.4) is 0 Å². The third-order valence-electron chi connectivity index (χ3n) is 2.92. The molecule has 20 heavy (non-hydrogen) atoms. The molecule has 1 aromatic carbocycles. The van der Waals surface area contributed by atoms with Crippen LogP contribution >= 0.6 is 11.3 Å². The smallest absolute Gasteiger partial charge is 0.336 e. The van der Waals surface area contributed by atoms with Crippen molar-refractivity contribution in [2.75, 3.05) is 0 Å². The van der Waals surface area contributed by atoms with Gasteiger partial charge in [0.1, 0.15) is 11.6 Å². The van der Waals surface area contributed by atoms with Crippen molar-refractivity contribution in [3.63, 3.8) is 0 Å². The van der Waals surface area contributed by atoms with Crippen molar-refractivity contribution >= 4 is 17.3 Å². The van der Waals surface area contributed by atoms with Gasteiger partial charge in [0, 0.05) is 28.4 Å². The number of carboxylic acids is 1. The SMILES string of the molecule is CC(NCc1cc(C(=O)O)cs1)c1c(F)cccc1F. The van der Waals surface area contributed by atoms with Crippen molar-refractivity contribution < 1.29 is 18.7 Å². The van der Waals surface area contributed by atoms with Crippen LogP contribution in [0, 0.1) is 11.6 Å². The van der Waals surface area contributed by atoms with Crippen LogP contribution in [0.15, 0.2) is 29.6 Å². The Balaban J connectivity index is 2.04. The maximum Gasteiger partial charge on any atom is 0.336 e. The average molecular weight is 297 g/mol. The van der Waals surface area contributed by atoms with Crippen LogP contribution < -0.4 is 5.32 Å². The Bertz CT molecular complexity index is 607. The first kappa shape index (κ1) is 14.6. The van der Waals surface area contributed by atoms with Gasteiger partial charge in [-0.3, -0.25) is 0 Å². The highest BCUT2D eigenvalue weighted by Crippen LogP contribution is 2.21. The van der Waals surface area contributed by atoms with Crippen LogP contribution in [0.4, 0.5) is 8.78 Å². The molecule has 0 aliphatic heterocycles. The maximum atomic E-state index is 13.6. The molecule has 0 spiro atoms. The summed E-state index contributed by atoms with van der Waals surface area (Å²) in [5, 5.41) is 13.3. The summed E-state index contributed by atoms with van der Waals surface area (Å²) >= 11 is 1.29. The number of nitrogens with one attached hydrogen (secondary N) is 1. The summed E-state index contributed by atoms with van der Waals surface area (Å²) in [4.78, 5) is 11.5. The number of halogens is 2. The molecule has 2 rings (SSSR count). The van der Waals surface area contributed by atoms with Crippen LogP contribution in [-0.2, 0) is 6.54 Å². The van der Waals surface area contributed by atoms with Gasteiger partial charge in [0.25, 0.3) is 0 Å². The zero-order valence-electron chi connectivity index (χ0n) is 10.7. The lowest BCUT2D eigenvalue weighted by molar-refractivity contribution is 0.0697. The number of rotatable bonds is 5. The zero-order chi connectivity index (χ0) is 14.7. The standard InChI is InChI=1S/C14H13F2NO2S/c1-8(13-11(15)3-2-4-12(13)16)17-6-10-5-9(7-20-10)14(18)19/h2-5,7-8,17H,6H2,1H3,(H,18,19). The van der Waals surface area contributed by atoms with Gasteiger partial charge in [0.2, 0.25) is 0 Å². The van der Waals surface area contributed by atoms with Gasteiger partial charge >= 0.3 is 5.97 Å². The highest BCUT2D eigenvalue weighted by atomic mass is 32.1. The van der Waals surface area contributed by atoms with Gasteiger partial charge in [-0.1, -0.05) is 6.07 Å². The molecule has 6 heteroatoms. The summed E-state index contributed by atoms with van der Waals surface area (Å²) in [6.07, 6.45) is 0. The molecule has 0 saturated carbocycles. The predicted octanol–water partition coefficient (Wildman–Crippen LogP) is 3.58. The third-order valence-corrected chi connectivity index (χ3v) is 3.85. The van der Waals surface area contributed by atoms with E-state index in [9.17, 15) is 13.6 Å². The molecule has 3 nitrogen and oxygen atoms in total. The Hall–Kier alpha value is -1.79. The van der Waals surface area contributed by atoms with Crippen LogP contribution in [0.2, 0.25) is 0 Å². The largest absolute Gasteiger partial charge is 0.478 e. The summed E-state index contributed by atoms with van der Waals surface area (Å²) in [6, 6.07) is 4.78. The van der Waals surface area contributed by atoms with Gasteiger partial charge in [-0.15, -0.1) is 11.3 Å². The lowest BCUT2D eigenvalue weighted by Gasteiger charge is -2.15. The van der Waals surface area contributed by atoms with Gasteiger partial charge in [-0.25, -0.2) is 13.6 Å². The number of thiophene rings is 1. The fourth-order valence-corrected chi connectivity index (χ4v) is 2.67. The van der Waals surface area contributed by atoms with E-state index in [0.29, 0.717) is 6.54 Å². The quantitative estimate of drug-likeness (QED) is 0.887. The van der Waals surface area contributed by atoms with E-state index in [1.54, 1.807) is 13.0 Å².